The highest BCUT2D eigenvalue weighted by molar-refractivity contribution is 9.10. The average molecular weight is 341 g/mol. The van der Waals surface area contributed by atoms with Crippen LogP contribution in [0.2, 0.25) is 0 Å². The summed E-state index contributed by atoms with van der Waals surface area (Å²) in [6.07, 6.45) is 0.821. The van der Waals surface area contributed by atoms with Gasteiger partial charge in [0, 0.05) is 17.4 Å². The molecule has 1 rings (SSSR count). The zero-order valence-electron chi connectivity index (χ0n) is 12.4. The lowest BCUT2D eigenvalue weighted by molar-refractivity contribution is -0.134. The van der Waals surface area contributed by atoms with E-state index in [2.05, 4.69) is 21.2 Å². The van der Waals surface area contributed by atoms with E-state index in [1.165, 1.54) is 6.92 Å². The molecular weight excluding hydrogens is 320 g/mol. The Balaban J connectivity index is 2.73. The van der Waals surface area contributed by atoms with Crippen LogP contribution >= 0.6 is 15.9 Å². The molecule has 0 bridgehead atoms. The maximum absolute atomic E-state index is 12.1. The molecule has 0 saturated carbocycles. The number of rotatable bonds is 5. The Labute approximate surface area is 128 Å². The Hall–Kier alpha value is -1.36. The van der Waals surface area contributed by atoms with E-state index in [4.69, 9.17) is 0 Å². The van der Waals surface area contributed by atoms with Gasteiger partial charge in [0.1, 0.15) is 6.54 Å². The molecule has 0 heterocycles. The zero-order chi connectivity index (χ0) is 15.3. The second-order valence-corrected chi connectivity index (χ2v) is 5.79. The number of amides is 2. The molecule has 1 aromatic carbocycles. The topological polar surface area (TPSA) is 49.4 Å². The van der Waals surface area contributed by atoms with Gasteiger partial charge in [0.25, 0.3) is 0 Å². The van der Waals surface area contributed by atoms with Crippen LogP contribution in [0.1, 0.15) is 32.8 Å². The van der Waals surface area contributed by atoms with Crippen molar-refractivity contribution in [2.45, 2.75) is 40.2 Å². The third kappa shape index (κ3) is 4.63. The van der Waals surface area contributed by atoms with E-state index in [-0.39, 0.29) is 24.4 Å². The van der Waals surface area contributed by atoms with E-state index in [0.717, 1.165) is 16.5 Å². The SMILES string of the molecule is CCC(C)N(CC(=O)Nc1ccc(C)cc1Br)C(C)=O. The first-order valence-electron chi connectivity index (χ1n) is 6.68. The molecule has 110 valence electrons. The number of hydrogen-bond acceptors (Lipinski definition) is 2. The van der Waals surface area contributed by atoms with Crippen molar-refractivity contribution in [1.82, 2.24) is 4.90 Å². The van der Waals surface area contributed by atoms with Gasteiger partial charge in [-0.3, -0.25) is 9.59 Å². The largest absolute Gasteiger partial charge is 0.331 e. The van der Waals surface area contributed by atoms with Gasteiger partial charge in [-0.05, 0) is 53.9 Å². The quantitative estimate of drug-likeness (QED) is 0.893. The zero-order valence-corrected chi connectivity index (χ0v) is 14.0. The van der Waals surface area contributed by atoms with Gasteiger partial charge >= 0.3 is 0 Å². The van der Waals surface area contributed by atoms with Gasteiger partial charge in [0.05, 0.1) is 5.69 Å². The Morgan fingerprint density at radius 2 is 2.05 bits per heavy atom. The van der Waals surface area contributed by atoms with Crippen molar-refractivity contribution < 1.29 is 9.59 Å². The number of anilines is 1. The number of hydrogen-bond donors (Lipinski definition) is 1. The van der Waals surface area contributed by atoms with E-state index >= 15 is 0 Å². The van der Waals surface area contributed by atoms with Crippen LogP contribution in [0.25, 0.3) is 0 Å². The second-order valence-electron chi connectivity index (χ2n) is 4.94. The Morgan fingerprint density at radius 1 is 1.40 bits per heavy atom. The maximum Gasteiger partial charge on any atom is 0.244 e. The molecule has 0 spiro atoms. The highest BCUT2D eigenvalue weighted by atomic mass is 79.9. The second kappa shape index (κ2) is 7.43. The summed E-state index contributed by atoms with van der Waals surface area (Å²) in [5, 5.41) is 2.82. The fourth-order valence-corrected chi connectivity index (χ4v) is 2.46. The molecule has 20 heavy (non-hydrogen) atoms. The van der Waals surface area contributed by atoms with Gasteiger partial charge in [-0.15, -0.1) is 0 Å². The Kier molecular flexibility index (Phi) is 6.20. The normalized spacial score (nSPS) is 11.8. The van der Waals surface area contributed by atoms with Crippen LogP contribution in [-0.4, -0.2) is 29.3 Å². The summed E-state index contributed by atoms with van der Waals surface area (Å²) in [7, 11) is 0. The monoisotopic (exact) mass is 340 g/mol. The number of nitrogens with one attached hydrogen (secondary N) is 1. The van der Waals surface area contributed by atoms with Gasteiger partial charge in [-0.25, -0.2) is 0 Å². The van der Waals surface area contributed by atoms with Gasteiger partial charge in [-0.2, -0.15) is 0 Å². The first kappa shape index (κ1) is 16.7. The molecular formula is C15H21BrN2O2. The van der Waals surface area contributed by atoms with E-state index < -0.39 is 0 Å². The van der Waals surface area contributed by atoms with Crippen molar-refractivity contribution in [2.24, 2.45) is 0 Å². The van der Waals surface area contributed by atoms with Crippen molar-refractivity contribution in [3.8, 4) is 0 Å². The smallest absolute Gasteiger partial charge is 0.244 e. The van der Waals surface area contributed by atoms with E-state index in [0.29, 0.717) is 5.69 Å². The standard InChI is InChI=1S/C15H21BrN2O2/c1-5-11(3)18(12(4)19)9-15(20)17-14-7-6-10(2)8-13(14)16/h6-8,11H,5,9H2,1-4H3,(H,17,20). The summed E-state index contributed by atoms with van der Waals surface area (Å²) in [5.41, 5.74) is 1.83. The van der Waals surface area contributed by atoms with Gasteiger partial charge < -0.3 is 10.2 Å². The first-order chi connectivity index (χ1) is 9.35. The molecule has 1 unspecified atom stereocenters. The molecule has 2 amide bonds. The van der Waals surface area contributed by atoms with Gasteiger partial charge in [0.2, 0.25) is 11.8 Å². The Morgan fingerprint density at radius 3 is 2.55 bits per heavy atom. The van der Waals surface area contributed by atoms with E-state index in [9.17, 15) is 9.59 Å². The number of aryl methyl sites for hydroxylation is 1. The summed E-state index contributed by atoms with van der Waals surface area (Å²) in [6, 6.07) is 5.77. The lowest BCUT2D eigenvalue weighted by Crippen LogP contribution is -2.42. The van der Waals surface area contributed by atoms with Crippen LogP contribution in [0.3, 0.4) is 0 Å². The predicted octanol–water partition coefficient (Wildman–Crippen LogP) is 3.34. The molecule has 1 aromatic rings. The molecule has 5 heteroatoms. The van der Waals surface area contributed by atoms with Crippen LogP contribution < -0.4 is 5.32 Å². The fraction of sp³-hybridized carbons (Fsp3) is 0.467. The molecule has 4 nitrogen and oxygen atoms in total. The number of benzene rings is 1. The third-order valence-corrected chi connectivity index (χ3v) is 3.90. The molecule has 0 aliphatic carbocycles. The lowest BCUT2D eigenvalue weighted by atomic mass is 10.2. The highest BCUT2D eigenvalue weighted by Gasteiger charge is 2.18. The first-order valence-corrected chi connectivity index (χ1v) is 7.47. The molecule has 1 atom stereocenters. The maximum atomic E-state index is 12.1. The van der Waals surface area contributed by atoms with Crippen molar-refractivity contribution in [2.75, 3.05) is 11.9 Å². The van der Waals surface area contributed by atoms with E-state index in [1.54, 1.807) is 4.90 Å². The van der Waals surface area contributed by atoms with Gasteiger partial charge in [-0.1, -0.05) is 13.0 Å². The molecule has 0 fully saturated rings. The van der Waals surface area contributed by atoms with Crippen LogP contribution in [0, 0.1) is 6.92 Å². The van der Waals surface area contributed by atoms with Crippen LogP contribution in [0.4, 0.5) is 5.69 Å². The van der Waals surface area contributed by atoms with Crippen molar-refractivity contribution in [3.63, 3.8) is 0 Å². The minimum atomic E-state index is -0.190. The third-order valence-electron chi connectivity index (χ3n) is 3.24. The summed E-state index contributed by atoms with van der Waals surface area (Å²) in [4.78, 5) is 25.2. The average Bonchev–Trinajstić information content (AvgIpc) is 2.38. The molecule has 1 N–H and O–H groups in total. The minimum Gasteiger partial charge on any atom is -0.331 e. The summed E-state index contributed by atoms with van der Waals surface area (Å²) in [6.45, 7) is 7.48. The molecule has 0 saturated heterocycles. The summed E-state index contributed by atoms with van der Waals surface area (Å²) >= 11 is 3.42. The number of halogens is 1. The molecule has 0 aliphatic rings. The molecule has 0 radical (unpaired) electrons. The van der Waals surface area contributed by atoms with Crippen LogP contribution in [0.5, 0.6) is 0 Å². The fourth-order valence-electron chi connectivity index (χ4n) is 1.86. The van der Waals surface area contributed by atoms with Gasteiger partial charge in [0.15, 0.2) is 0 Å². The van der Waals surface area contributed by atoms with Crippen LogP contribution in [0.15, 0.2) is 22.7 Å². The number of nitrogens with zero attached hydrogens (tertiary/aromatic N) is 1. The van der Waals surface area contributed by atoms with E-state index in [1.807, 2.05) is 39.0 Å². The highest BCUT2D eigenvalue weighted by Crippen LogP contribution is 2.23. The predicted molar refractivity (Wildman–Crippen MR) is 84.6 cm³/mol. The van der Waals surface area contributed by atoms with Crippen molar-refractivity contribution in [1.29, 1.82) is 0 Å². The number of carbonyl (C=O) groups excluding carboxylic acids is 2. The lowest BCUT2D eigenvalue weighted by Gasteiger charge is -2.26. The number of carbonyl (C=O) groups is 2. The van der Waals surface area contributed by atoms with Crippen molar-refractivity contribution in [3.05, 3.63) is 28.2 Å². The van der Waals surface area contributed by atoms with Crippen molar-refractivity contribution >= 4 is 33.4 Å². The Bertz CT molecular complexity index is 503. The summed E-state index contributed by atoms with van der Waals surface area (Å²) in [5.74, 6) is -0.275. The van der Waals surface area contributed by atoms with Crippen LogP contribution in [-0.2, 0) is 9.59 Å². The molecule has 0 aliphatic heterocycles. The summed E-state index contributed by atoms with van der Waals surface area (Å²) < 4.78 is 0.837. The molecule has 0 aromatic heterocycles. The minimum absolute atomic E-state index is 0.0553.